The molecule has 1 heterocycles. The van der Waals surface area contributed by atoms with Crippen molar-refractivity contribution in [2.45, 2.75) is 19.9 Å². The van der Waals surface area contributed by atoms with Crippen LogP contribution < -0.4 is 10.6 Å². The highest BCUT2D eigenvalue weighted by Crippen LogP contribution is 2.03. The number of aryl methyl sites for hydroxylation is 1. The second-order valence-corrected chi connectivity index (χ2v) is 4.80. The molecule has 0 atom stereocenters. The maximum absolute atomic E-state index is 13.1. The summed E-state index contributed by atoms with van der Waals surface area (Å²) in [5.41, 5.74) is 0.955. The highest BCUT2D eigenvalue weighted by atomic mass is 19.1. The molecule has 2 N–H and O–H groups in total. The van der Waals surface area contributed by atoms with Crippen LogP contribution in [0.3, 0.4) is 0 Å². The summed E-state index contributed by atoms with van der Waals surface area (Å²) in [5, 5.41) is 10.4. The molecule has 0 amide bonds. The van der Waals surface area contributed by atoms with Crippen molar-refractivity contribution in [1.29, 1.82) is 0 Å². The molecule has 7 heteroatoms. The van der Waals surface area contributed by atoms with E-state index in [1.165, 1.54) is 12.4 Å². The quantitative estimate of drug-likeness (QED) is 0.623. The smallest absolute Gasteiger partial charge is 0.191 e. The molecule has 0 saturated carbocycles. The fourth-order valence-electron chi connectivity index (χ4n) is 1.97. The van der Waals surface area contributed by atoms with Crippen LogP contribution in [-0.4, -0.2) is 33.8 Å². The molecule has 1 aromatic heterocycles. The van der Waals surface area contributed by atoms with Gasteiger partial charge in [0.1, 0.15) is 24.5 Å². The minimum atomic E-state index is -0.208. The van der Waals surface area contributed by atoms with Crippen LogP contribution in [0.15, 0.2) is 35.6 Å². The molecule has 2 aromatic rings. The summed E-state index contributed by atoms with van der Waals surface area (Å²) in [6, 6.07) is 6.63. The Hall–Kier alpha value is -2.44. The van der Waals surface area contributed by atoms with Gasteiger partial charge in [0.15, 0.2) is 5.96 Å². The van der Waals surface area contributed by atoms with E-state index in [4.69, 9.17) is 0 Å². The first-order valence-corrected chi connectivity index (χ1v) is 7.28. The van der Waals surface area contributed by atoms with Gasteiger partial charge in [-0.15, -0.1) is 0 Å². The van der Waals surface area contributed by atoms with Crippen molar-refractivity contribution in [3.63, 3.8) is 0 Å². The van der Waals surface area contributed by atoms with E-state index < -0.39 is 0 Å². The fourth-order valence-corrected chi connectivity index (χ4v) is 1.97. The lowest BCUT2D eigenvalue weighted by Crippen LogP contribution is -2.38. The first-order chi connectivity index (χ1) is 10.7. The van der Waals surface area contributed by atoms with Crippen LogP contribution in [0.5, 0.6) is 0 Å². The van der Waals surface area contributed by atoms with Crippen molar-refractivity contribution in [2.75, 3.05) is 13.1 Å². The first kappa shape index (κ1) is 15.9. The van der Waals surface area contributed by atoms with Crippen molar-refractivity contribution < 1.29 is 4.39 Å². The van der Waals surface area contributed by atoms with E-state index in [-0.39, 0.29) is 5.82 Å². The minimum absolute atomic E-state index is 0.208. The van der Waals surface area contributed by atoms with Crippen molar-refractivity contribution >= 4 is 5.96 Å². The zero-order valence-corrected chi connectivity index (χ0v) is 12.9. The molecule has 0 aliphatic heterocycles. The normalized spacial score (nSPS) is 11.5. The van der Waals surface area contributed by atoms with Gasteiger partial charge >= 0.3 is 0 Å². The number of halogens is 1. The number of hydrogen-bond acceptors (Lipinski definition) is 3. The molecule has 0 aliphatic rings. The highest BCUT2D eigenvalue weighted by Gasteiger charge is 2.02. The molecule has 0 unspecified atom stereocenters. The van der Waals surface area contributed by atoms with E-state index in [1.807, 2.05) is 20.0 Å². The van der Waals surface area contributed by atoms with E-state index >= 15 is 0 Å². The Bertz CT molecular complexity index is 622. The van der Waals surface area contributed by atoms with Crippen LogP contribution in [0.2, 0.25) is 0 Å². The second-order valence-electron chi connectivity index (χ2n) is 4.80. The Kier molecular flexibility index (Phi) is 5.88. The van der Waals surface area contributed by atoms with Gasteiger partial charge in [-0.1, -0.05) is 12.1 Å². The van der Waals surface area contributed by atoms with E-state index in [2.05, 4.69) is 25.7 Å². The minimum Gasteiger partial charge on any atom is -0.357 e. The van der Waals surface area contributed by atoms with Gasteiger partial charge in [0, 0.05) is 20.1 Å². The lowest BCUT2D eigenvalue weighted by atomic mass is 10.1. The Morgan fingerprint density at radius 1 is 1.36 bits per heavy atom. The van der Waals surface area contributed by atoms with Gasteiger partial charge in [0.05, 0.1) is 0 Å². The van der Waals surface area contributed by atoms with Gasteiger partial charge in [-0.2, -0.15) is 5.10 Å². The fraction of sp³-hybridized carbons (Fsp3) is 0.400. The van der Waals surface area contributed by atoms with Crippen LogP contribution in [-0.2, 0) is 20.0 Å². The number of nitrogens with zero attached hydrogens (tertiary/aromatic N) is 4. The zero-order chi connectivity index (χ0) is 15.8. The van der Waals surface area contributed by atoms with Gasteiger partial charge in [0.2, 0.25) is 0 Å². The zero-order valence-electron chi connectivity index (χ0n) is 12.9. The number of nitrogens with one attached hydrogen (secondary N) is 2. The molecular weight excluding hydrogens is 283 g/mol. The van der Waals surface area contributed by atoms with Gasteiger partial charge in [-0.25, -0.2) is 14.4 Å². The molecule has 118 valence electrons. The van der Waals surface area contributed by atoms with E-state index in [9.17, 15) is 4.39 Å². The average molecular weight is 304 g/mol. The van der Waals surface area contributed by atoms with Gasteiger partial charge in [-0.3, -0.25) is 4.68 Å². The third-order valence-electron chi connectivity index (χ3n) is 3.12. The molecule has 0 aliphatic carbocycles. The van der Waals surface area contributed by atoms with Crippen molar-refractivity contribution in [3.8, 4) is 0 Å². The molecule has 0 saturated heterocycles. The first-order valence-electron chi connectivity index (χ1n) is 7.28. The van der Waals surface area contributed by atoms with Crippen LogP contribution in [0.1, 0.15) is 18.3 Å². The van der Waals surface area contributed by atoms with Crippen molar-refractivity contribution in [3.05, 3.63) is 47.8 Å². The van der Waals surface area contributed by atoms with Crippen LogP contribution in [0.4, 0.5) is 4.39 Å². The molecule has 0 fully saturated rings. The van der Waals surface area contributed by atoms with E-state index in [0.717, 1.165) is 24.4 Å². The molecule has 0 radical (unpaired) electrons. The van der Waals surface area contributed by atoms with Crippen molar-refractivity contribution in [2.24, 2.45) is 12.0 Å². The summed E-state index contributed by atoms with van der Waals surface area (Å²) in [6.45, 7) is 3.90. The predicted molar refractivity (Wildman–Crippen MR) is 83.9 cm³/mol. The number of aliphatic imine (C=N–C) groups is 1. The number of aromatic nitrogens is 3. The van der Waals surface area contributed by atoms with Crippen LogP contribution >= 0.6 is 0 Å². The topological polar surface area (TPSA) is 67.1 Å². The van der Waals surface area contributed by atoms with Crippen LogP contribution in [0, 0.1) is 5.82 Å². The average Bonchev–Trinajstić information content (AvgIpc) is 2.90. The molecule has 2 rings (SSSR count). The predicted octanol–water partition coefficient (Wildman–Crippen LogP) is 1.25. The largest absolute Gasteiger partial charge is 0.357 e. The number of guanidine groups is 1. The summed E-state index contributed by atoms with van der Waals surface area (Å²) in [7, 11) is 1.84. The maximum Gasteiger partial charge on any atom is 0.191 e. The maximum atomic E-state index is 13.1. The Balaban J connectivity index is 1.87. The molecule has 22 heavy (non-hydrogen) atoms. The third kappa shape index (κ3) is 4.83. The number of hydrogen-bond donors (Lipinski definition) is 2. The lowest BCUT2D eigenvalue weighted by molar-refractivity contribution is 0.625. The summed E-state index contributed by atoms with van der Waals surface area (Å²) >= 11 is 0. The molecule has 0 bridgehead atoms. The summed E-state index contributed by atoms with van der Waals surface area (Å²) in [5.74, 6) is 1.30. The Morgan fingerprint density at radius 3 is 2.91 bits per heavy atom. The van der Waals surface area contributed by atoms with Gasteiger partial charge in [-0.05, 0) is 31.0 Å². The van der Waals surface area contributed by atoms with Crippen molar-refractivity contribution in [1.82, 2.24) is 25.4 Å². The molecule has 0 spiro atoms. The second kappa shape index (κ2) is 8.11. The van der Waals surface area contributed by atoms with Crippen LogP contribution in [0.25, 0.3) is 0 Å². The lowest BCUT2D eigenvalue weighted by Gasteiger charge is -2.11. The van der Waals surface area contributed by atoms with Gasteiger partial charge in [0.25, 0.3) is 0 Å². The number of rotatable bonds is 6. The standard InChI is InChI=1S/C15H21FN6/c1-3-17-15(19-10-14-20-11-21-22(14)2)18-8-7-12-5-4-6-13(16)9-12/h4-6,9,11H,3,7-8,10H2,1-2H3,(H2,17,18,19). The summed E-state index contributed by atoms with van der Waals surface area (Å²) < 4.78 is 14.8. The Morgan fingerprint density at radius 2 is 2.23 bits per heavy atom. The van der Waals surface area contributed by atoms with Gasteiger partial charge < -0.3 is 10.6 Å². The third-order valence-corrected chi connectivity index (χ3v) is 3.12. The number of benzene rings is 1. The SMILES string of the molecule is CCNC(=NCc1ncnn1C)NCCc1cccc(F)c1. The Labute approximate surface area is 129 Å². The summed E-state index contributed by atoms with van der Waals surface area (Å²) in [4.78, 5) is 8.60. The monoisotopic (exact) mass is 304 g/mol. The van der Waals surface area contributed by atoms with E-state index in [1.54, 1.807) is 16.8 Å². The van der Waals surface area contributed by atoms with E-state index in [0.29, 0.717) is 19.0 Å². The summed E-state index contributed by atoms with van der Waals surface area (Å²) in [6.07, 6.45) is 2.24. The molecule has 6 nitrogen and oxygen atoms in total. The molecular formula is C15H21FN6. The highest BCUT2D eigenvalue weighted by molar-refractivity contribution is 5.79. The molecule has 1 aromatic carbocycles.